The first-order chi connectivity index (χ1) is 9.19. The monoisotopic (exact) mass is 378 g/mol. The third-order valence-corrected chi connectivity index (χ3v) is 4.90. The summed E-state index contributed by atoms with van der Waals surface area (Å²) in [6, 6.07) is 4.01. The Balaban J connectivity index is 0.00000200. The van der Waals surface area contributed by atoms with Crippen LogP contribution in [0.25, 0.3) is 6.08 Å². The third kappa shape index (κ3) is 5.20. The SMILES string of the molecule is CNCC1CCCN(C(=O)/C=C/c2ccc(Br)s2)C1.Cl. The van der Waals surface area contributed by atoms with Gasteiger partial charge in [0.1, 0.15) is 0 Å². The second-order valence-electron chi connectivity index (χ2n) is 4.83. The van der Waals surface area contributed by atoms with Crippen molar-refractivity contribution in [3.63, 3.8) is 0 Å². The van der Waals surface area contributed by atoms with Crippen molar-refractivity contribution in [3.05, 3.63) is 26.9 Å². The van der Waals surface area contributed by atoms with Crippen LogP contribution in [0.1, 0.15) is 17.7 Å². The van der Waals surface area contributed by atoms with Crippen LogP contribution in [-0.2, 0) is 4.79 Å². The van der Waals surface area contributed by atoms with Crippen LogP contribution < -0.4 is 5.32 Å². The average molecular weight is 380 g/mol. The van der Waals surface area contributed by atoms with Crippen LogP contribution in [0.4, 0.5) is 0 Å². The molecule has 0 spiro atoms. The lowest BCUT2D eigenvalue weighted by molar-refractivity contribution is -0.127. The van der Waals surface area contributed by atoms with Crippen LogP contribution in [0.2, 0.25) is 0 Å². The summed E-state index contributed by atoms with van der Waals surface area (Å²) in [5.41, 5.74) is 0. The molecule has 2 heterocycles. The number of piperidine rings is 1. The molecule has 0 bridgehead atoms. The molecule has 112 valence electrons. The van der Waals surface area contributed by atoms with Crippen LogP contribution >= 0.6 is 39.7 Å². The van der Waals surface area contributed by atoms with Gasteiger partial charge in [0.15, 0.2) is 0 Å². The third-order valence-electron chi connectivity index (χ3n) is 3.31. The summed E-state index contributed by atoms with van der Waals surface area (Å²) in [6.07, 6.45) is 5.92. The van der Waals surface area contributed by atoms with Crippen molar-refractivity contribution in [2.45, 2.75) is 12.8 Å². The zero-order valence-electron chi connectivity index (χ0n) is 11.5. The summed E-state index contributed by atoms with van der Waals surface area (Å²) in [5, 5.41) is 3.20. The van der Waals surface area contributed by atoms with Gasteiger partial charge < -0.3 is 10.2 Å². The molecule has 0 saturated carbocycles. The predicted octanol–water partition coefficient (Wildman–Crippen LogP) is 3.40. The van der Waals surface area contributed by atoms with Crippen LogP contribution in [0.15, 0.2) is 22.0 Å². The number of rotatable bonds is 4. The molecule has 0 radical (unpaired) electrons. The highest BCUT2D eigenvalue weighted by Crippen LogP contribution is 2.23. The molecule has 1 atom stereocenters. The number of thiophene rings is 1. The van der Waals surface area contributed by atoms with Gasteiger partial charge in [0.25, 0.3) is 0 Å². The molecule has 1 aliphatic heterocycles. The fourth-order valence-electron chi connectivity index (χ4n) is 2.40. The Bertz CT molecular complexity index is 462. The minimum absolute atomic E-state index is 0. The van der Waals surface area contributed by atoms with E-state index in [0.717, 1.165) is 34.7 Å². The second-order valence-corrected chi connectivity index (χ2v) is 7.32. The van der Waals surface area contributed by atoms with E-state index in [1.165, 1.54) is 6.42 Å². The molecule has 1 aromatic rings. The highest BCUT2D eigenvalue weighted by molar-refractivity contribution is 9.11. The fourth-order valence-corrected chi connectivity index (χ4v) is 3.72. The maximum absolute atomic E-state index is 12.1. The Hall–Kier alpha value is -0.360. The number of hydrogen-bond donors (Lipinski definition) is 1. The van der Waals surface area contributed by atoms with Crippen molar-refractivity contribution in [3.8, 4) is 0 Å². The largest absolute Gasteiger partial charge is 0.339 e. The highest BCUT2D eigenvalue weighted by Gasteiger charge is 2.21. The first-order valence-corrected chi connectivity index (χ1v) is 8.17. The maximum Gasteiger partial charge on any atom is 0.246 e. The zero-order valence-corrected chi connectivity index (χ0v) is 14.7. The minimum Gasteiger partial charge on any atom is -0.339 e. The molecule has 0 aliphatic carbocycles. The van der Waals surface area contributed by atoms with Crippen molar-refractivity contribution in [1.29, 1.82) is 0 Å². The van der Waals surface area contributed by atoms with Gasteiger partial charge in [-0.2, -0.15) is 0 Å². The predicted molar refractivity (Wildman–Crippen MR) is 91.5 cm³/mol. The number of carbonyl (C=O) groups is 1. The van der Waals surface area contributed by atoms with Crippen molar-refractivity contribution in [1.82, 2.24) is 10.2 Å². The van der Waals surface area contributed by atoms with Crippen molar-refractivity contribution >= 4 is 51.7 Å². The van der Waals surface area contributed by atoms with Gasteiger partial charge >= 0.3 is 0 Å². The summed E-state index contributed by atoms with van der Waals surface area (Å²) in [4.78, 5) is 15.2. The van der Waals surface area contributed by atoms with Crippen molar-refractivity contribution in [2.24, 2.45) is 5.92 Å². The van der Waals surface area contributed by atoms with E-state index in [0.29, 0.717) is 5.92 Å². The Morgan fingerprint density at radius 1 is 1.60 bits per heavy atom. The summed E-state index contributed by atoms with van der Waals surface area (Å²) in [6.45, 7) is 2.75. The first kappa shape index (κ1) is 17.7. The van der Waals surface area contributed by atoms with Gasteiger partial charge in [0.05, 0.1) is 3.79 Å². The molecule has 1 aromatic heterocycles. The van der Waals surface area contributed by atoms with E-state index in [9.17, 15) is 4.79 Å². The number of halogens is 2. The van der Waals surface area contributed by atoms with E-state index < -0.39 is 0 Å². The molecule has 1 aliphatic rings. The van der Waals surface area contributed by atoms with Crippen molar-refractivity contribution in [2.75, 3.05) is 26.7 Å². The number of nitrogens with zero attached hydrogens (tertiary/aromatic N) is 1. The number of carbonyl (C=O) groups excluding carboxylic acids is 1. The Morgan fingerprint density at radius 2 is 2.40 bits per heavy atom. The van der Waals surface area contributed by atoms with Crippen LogP contribution in [0.3, 0.4) is 0 Å². The number of nitrogens with one attached hydrogen (secondary N) is 1. The van der Waals surface area contributed by atoms with E-state index in [2.05, 4.69) is 21.2 Å². The zero-order chi connectivity index (χ0) is 13.7. The lowest BCUT2D eigenvalue weighted by atomic mass is 9.98. The summed E-state index contributed by atoms with van der Waals surface area (Å²) >= 11 is 5.06. The lowest BCUT2D eigenvalue weighted by Gasteiger charge is -2.32. The Kier molecular flexibility index (Phi) is 7.80. The number of likely N-dealkylation sites (tertiary alicyclic amines) is 1. The van der Waals surface area contributed by atoms with Gasteiger partial charge in [0.2, 0.25) is 5.91 Å². The van der Waals surface area contributed by atoms with Gasteiger partial charge in [-0.1, -0.05) is 0 Å². The molecule has 20 heavy (non-hydrogen) atoms. The molecule has 6 heteroatoms. The molecule has 1 N–H and O–H groups in total. The van der Waals surface area contributed by atoms with E-state index in [1.54, 1.807) is 17.4 Å². The Labute approximate surface area is 139 Å². The average Bonchev–Trinajstić information content (AvgIpc) is 2.82. The molecule has 1 saturated heterocycles. The maximum atomic E-state index is 12.1. The number of hydrogen-bond acceptors (Lipinski definition) is 3. The molecular weight excluding hydrogens is 360 g/mol. The normalized spacial score (nSPS) is 19.1. The van der Waals surface area contributed by atoms with Gasteiger partial charge in [-0.15, -0.1) is 23.7 Å². The molecule has 3 nitrogen and oxygen atoms in total. The molecular formula is C14H20BrClN2OS. The van der Waals surface area contributed by atoms with Crippen LogP contribution in [-0.4, -0.2) is 37.5 Å². The van der Waals surface area contributed by atoms with E-state index in [1.807, 2.05) is 30.2 Å². The van der Waals surface area contributed by atoms with E-state index in [-0.39, 0.29) is 18.3 Å². The molecule has 1 unspecified atom stereocenters. The Morgan fingerprint density at radius 3 is 3.05 bits per heavy atom. The lowest BCUT2D eigenvalue weighted by Crippen LogP contribution is -2.41. The van der Waals surface area contributed by atoms with E-state index in [4.69, 9.17) is 0 Å². The van der Waals surface area contributed by atoms with Gasteiger partial charge in [-0.05, 0) is 66.5 Å². The fraction of sp³-hybridized carbons (Fsp3) is 0.500. The smallest absolute Gasteiger partial charge is 0.246 e. The van der Waals surface area contributed by atoms with Crippen LogP contribution in [0, 0.1) is 5.92 Å². The van der Waals surface area contributed by atoms with Gasteiger partial charge in [0, 0.05) is 24.0 Å². The number of amides is 1. The van der Waals surface area contributed by atoms with Crippen LogP contribution in [0.5, 0.6) is 0 Å². The molecule has 2 rings (SSSR count). The summed E-state index contributed by atoms with van der Waals surface area (Å²) < 4.78 is 1.09. The molecule has 1 fully saturated rings. The molecule has 1 amide bonds. The minimum atomic E-state index is 0. The summed E-state index contributed by atoms with van der Waals surface area (Å²) in [5.74, 6) is 0.720. The first-order valence-electron chi connectivity index (χ1n) is 6.56. The van der Waals surface area contributed by atoms with Crippen molar-refractivity contribution < 1.29 is 4.79 Å². The summed E-state index contributed by atoms with van der Waals surface area (Å²) in [7, 11) is 1.97. The van der Waals surface area contributed by atoms with E-state index >= 15 is 0 Å². The highest BCUT2D eigenvalue weighted by atomic mass is 79.9. The van der Waals surface area contributed by atoms with Gasteiger partial charge in [-0.3, -0.25) is 4.79 Å². The second kappa shape index (κ2) is 8.82. The standard InChI is InChI=1S/C14H19BrN2OS.ClH/c1-16-9-11-3-2-8-17(10-11)14(18)7-5-12-4-6-13(15)19-12;/h4-7,11,16H,2-3,8-10H2,1H3;1H/b7-5+;. The quantitative estimate of drug-likeness (QED) is 0.813. The topological polar surface area (TPSA) is 32.3 Å². The molecule has 0 aromatic carbocycles. The van der Waals surface area contributed by atoms with Gasteiger partial charge in [-0.25, -0.2) is 0 Å².